The first-order chi connectivity index (χ1) is 11.8. The first-order valence-corrected chi connectivity index (χ1v) is 8.36. The fraction of sp³-hybridized carbons (Fsp3) is 0.400. The van der Waals surface area contributed by atoms with E-state index in [9.17, 15) is 4.79 Å². The van der Waals surface area contributed by atoms with E-state index in [2.05, 4.69) is 10.3 Å². The minimum absolute atomic E-state index is 0.188. The van der Waals surface area contributed by atoms with Crippen molar-refractivity contribution < 1.29 is 14.3 Å². The summed E-state index contributed by atoms with van der Waals surface area (Å²) in [4.78, 5) is 16.5. The van der Waals surface area contributed by atoms with Gasteiger partial charge < -0.3 is 14.8 Å². The summed E-state index contributed by atoms with van der Waals surface area (Å²) in [5.41, 5.74) is 3.30. The van der Waals surface area contributed by atoms with Crippen LogP contribution >= 0.6 is 0 Å². The molecule has 0 aliphatic rings. The predicted molar refractivity (Wildman–Crippen MR) is 99.3 cm³/mol. The first-order valence-electron chi connectivity index (χ1n) is 8.36. The molecule has 1 N–H and O–H groups in total. The minimum atomic E-state index is -0.191. The molecule has 1 aromatic carbocycles. The SMILES string of the molecule is Cc1cccc(NC(=O)c2ccc(OCCOC(C)(C)C)nc2)c1C. The number of hydrogen-bond donors (Lipinski definition) is 1. The molecule has 0 fully saturated rings. The third kappa shape index (κ3) is 5.87. The van der Waals surface area contributed by atoms with Crippen LogP contribution in [0.4, 0.5) is 5.69 Å². The molecule has 2 rings (SSSR count). The molecule has 1 heterocycles. The van der Waals surface area contributed by atoms with Gasteiger partial charge in [0.2, 0.25) is 5.88 Å². The minimum Gasteiger partial charge on any atom is -0.475 e. The number of aryl methyl sites for hydroxylation is 1. The van der Waals surface area contributed by atoms with Crippen molar-refractivity contribution in [2.75, 3.05) is 18.5 Å². The first kappa shape index (κ1) is 18.9. The van der Waals surface area contributed by atoms with Crippen molar-refractivity contribution in [1.82, 2.24) is 4.98 Å². The highest BCUT2D eigenvalue weighted by molar-refractivity contribution is 6.04. The summed E-state index contributed by atoms with van der Waals surface area (Å²) in [6.45, 7) is 10.9. The van der Waals surface area contributed by atoms with Crippen molar-refractivity contribution in [3.63, 3.8) is 0 Å². The van der Waals surface area contributed by atoms with Crippen LogP contribution in [0.5, 0.6) is 5.88 Å². The maximum atomic E-state index is 12.3. The zero-order valence-corrected chi connectivity index (χ0v) is 15.6. The Morgan fingerprint density at radius 1 is 1.12 bits per heavy atom. The van der Waals surface area contributed by atoms with Crippen LogP contribution in [-0.2, 0) is 4.74 Å². The molecule has 1 amide bonds. The van der Waals surface area contributed by atoms with Crippen LogP contribution in [0.25, 0.3) is 0 Å². The van der Waals surface area contributed by atoms with E-state index < -0.39 is 0 Å². The van der Waals surface area contributed by atoms with E-state index in [1.54, 1.807) is 12.1 Å². The number of hydrogen-bond acceptors (Lipinski definition) is 4. The van der Waals surface area contributed by atoms with Crippen molar-refractivity contribution in [2.45, 2.75) is 40.2 Å². The van der Waals surface area contributed by atoms with Crippen LogP contribution in [0.1, 0.15) is 42.3 Å². The lowest BCUT2D eigenvalue weighted by Crippen LogP contribution is -2.22. The molecule has 0 aliphatic heterocycles. The Balaban J connectivity index is 1.91. The highest BCUT2D eigenvalue weighted by Gasteiger charge is 2.11. The van der Waals surface area contributed by atoms with E-state index >= 15 is 0 Å². The number of rotatable bonds is 6. The van der Waals surface area contributed by atoms with Gasteiger partial charge in [0.15, 0.2) is 0 Å². The fourth-order valence-electron chi connectivity index (χ4n) is 2.18. The summed E-state index contributed by atoms with van der Waals surface area (Å²) in [6.07, 6.45) is 1.51. The summed E-state index contributed by atoms with van der Waals surface area (Å²) in [5.74, 6) is 0.282. The summed E-state index contributed by atoms with van der Waals surface area (Å²) in [7, 11) is 0. The average molecular weight is 342 g/mol. The number of ether oxygens (including phenoxy) is 2. The van der Waals surface area contributed by atoms with Gasteiger partial charge in [0.05, 0.1) is 17.8 Å². The standard InChI is InChI=1S/C20H26N2O3/c1-14-7-6-8-17(15(14)2)22-19(23)16-9-10-18(21-13-16)24-11-12-25-20(3,4)5/h6-10,13H,11-12H2,1-5H3,(H,22,23). The maximum Gasteiger partial charge on any atom is 0.257 e. The number of carbonyl (C=O) groups excluding carboxylic acids is 1. The number of anilines is 1. The van der Waals surface area contributed by atoms with Gasteiger partial charge in [-0.1, -0.05) is 12.1 Å². The lowest BCUT2D eigenvalue weighted by Gasteiger charge is -2.19. The number of amides is 1. The highest BCUT2D eigenvalue weighted by atomic mass is 16.5. The molecule has 0 bridgehead atoms. The molecule has 134 valence electrons. The molecule has 0 atom stereocenters. The molecule has 0 radical (unpaired) electrons. The molecule has 5 nitrogen and oxygen atoms in total. The molecule has 0 unspecified atom stereocenters. The van der Waals surface area contributed by atoms with Gasteiger partial charge in [-0.25, -0.2) is 4.98 Å². The molecule has 25 heavy (non-hydrogen) atoms. The largest absolute Gasteiger partial charge is 0.475 e. The Bertz CT molecular complexity index is 719. The van der Waals surface area contributed by atoms with Gasteiger partial charge in [-0.2, -0.15) is 0 Å². The number of nitrogens with zero attached hydrogens (tertiary/aromatic N) is 1. The van der Waals surface area contributed by atoms with Gasteiger partial charge in [0.1, 0.15) is 6.61 Å². The van der Waals surface area contributed by atoms with E-state index in [0.29, 0.717) is 24.7 Å². The zero-order valence-electron chi connectivity index (χ0n) is 15.6. The maximum absolute atomic E-state index is 12.3. The van der Waals surface area contributed by atoms with E-state index in [1.165, 1.54) is 6.20 Å². The van der Waals surface area contributed by atoms with Crippen LogP contribution in [-0.4, -0.2) is 29.7 Å². The second kappa shape index (κ2) is 8.12. The van der Waals surface area contributed by atoms with E-state index in [1.807, 2.05) is 52.8 Å². The highest BCUT2D eigenvalue weighted by Crippen LogP contribution is 2.19. The van der Waals surface area contributed by atoms with Gasteiger partial charge in [-0.15, -0.1) is 0 Å². The lowest BCUT2D eigenvalue weighted by molar-refractivity contribution is -0.0168. The molecule has 1 aromatic heterocycles. The van der Waals surface area contributed by atoms with Crippen LogP contribution in [0.15, 0.2) is 36.5 Å². The smallest absolute Gasteiger partial charge is 0.257 e. The summed E-state index contributed by atoms with van der Waals surface area (Å²) in [5, 5.41) is 2.92. The van der Waals surface area contributed by atoms with Crippen LogP contribution in [0, 0.1) is 13.8 Å². The van der Waals surface area contributed by atoms with E-state index in [0.717, 1.165) is 16.8 Å². The molecule has 0 saturated carbocycles. The van der Waals surface area contributed by atoms with Gasteiger partial charge in [-0.05, 0) is 57.9 Å². The average Bonchev–Trinajstić information content (AvgIpc) is 2.55. The Morgan fingerprint density at radius 3 is 2.52 bits per heavy atom. The molecular formula is C20H26N2O3. The van der Waals surface area contributed by atoms with Crippen molar-refractivity contribution in [3.05, 3.63) is 53.2 Å². The number of carbonyl (C=O) groups is 1. The fourth-order valence-corrected chi connectivity index (χ4v) is 2.18. The molecule has 0 spiro atoms. The van der Waals surface area contributed by atoms with E-state index in [-0.39, 0.29) is 11.5 Å². The van der Waals surface area contributed by atoms with Crippen molar-refractivity contribution in [2.24, 2.45) is 0 Å². The second-order valence-corrected chi connectivity index (χ2v) is 6.90. The van der Waals surface area contributed by atoms with Gasteiger partial charge in [0, 0.05) is 18.0 Å². The van der Waals surface area contributed by atoms with Crippen LogP contribution < -0.4 is 10.1 Å². The van der Waals surface area contributed by atoms with Crippen molar-refractivity contribution in [1.29, 1.82) is 0 Å². The van der Waals surface area contributed by atoms with Gasteiger partial charge in [-0.3, -0.25) is 4.79 Å². The normalized spacial score (nSPS) is 11.2. The van der Waals surface area contributed by atoms with Crippen LogP contribution in [0.3, 0.4) is 0 Å². The summed E-state index contributed by atoms with van der Waals surface area (Å²) in [6, 6.07) is 9.22. The molecule has 2 aromatic rings. The van der Waals surface area contributed by atoms with Gasteiger partial charge in [0.25, 0.3) is 5.91 Å². The Labute approximate surface area is 149 Å². The number of nitrogens with one attached hydrogen (secondary N) is 1. The third-order valence-electron chi connectivity index (χ3n) is 3.72. The quantitative estimate of drug-likeness (QED) is 0.801. The second-order valence-electron chi connectivity index (χ2n) is 6.90. The van der Waals surface area contributed by atoms with Crippen LogP contribution in [0.2, 0.25) is 0 Å². The number of aromatic nitrogens is 1. The predicted octanol–water partition coefficient (Wildman–Crippen LogP) is 4.14. The Hall–Kier alpha value is -2.40. The zero-order chi connectivity index (χ0) is 18.4. The number of pyridine rings is 1. The topological polar surface area (TPSA) is 60.5 Å². The molecule has 5 heteroatoms. The van der Waals surface area contributed by atoms with E-state index in [4.69, 9.17) is 9.47 Å². The monoisotopic (exact) mass is 342 g/mol. The summed E-state index contributed by atoms with van der Waals surface area (Å²) >= 11 is 0. The van der Waals surface area contributed by atoms with Gasteiger partial charge >= 0.3 is 0 Å². The molecular weight excluding hydrogens is 316 g/mol. The molecule has 0 aliphatic carbocycles. The molecule has 0 saturated heterocycles. The Morgan fingerprint density at radius 2 is 1.88 bits per heavy atom. The summed E-state index contributed by atoms with van der Waals surface area (Å²) < 4.78 is 11.1. The number of benzene rings is 1. The third-order valence-corrected chi connectivity index (χ3v) is 3.72. The van der Waals surface area contributed by atoms with Crippen molar-refractivity contribution in [3.8, 4) is 5.88 Å². The van der Waals surface area contributed by atoms with Crippen molar-refractivity contribution >= 4 is 11.6 Å². The Kier molecular flexibility index (Phi) is 6.15. The lowest BCUT2D eigenvalue weighted by atomic mass is 10.1.